The summed E-state index contributed by atoms with van der Waals surface area (Å²) in [5.74, 6) is 0.536. The molecule has 0 aliphatic heterocycles. The second kappa shape index (κ2) is 9.17. The van der Waals surface area contributed by atoms with Crippen LogP contribution in [0.1, 0.15) is 40.6 Å². The lowest BCUT2D eigenvalue weighted by Gasteiger charge is -2.27. The highest BCUT2D eigenvalue weighted by Crippen LogP contribution is 2.33. The molecule has 4 nitrogen and oxygen atoms in total. The third-order valence-electron chi connectivity index (χ3n) is 4.32. The number of ether oxygens (including phenoxy) is 1. The number of thiophene rings is 2. The van der Waals surface area contributed by atoms with Crippen molar-refractivity contribution in [3.8, 4) is 5.75 Å². The maximum Gasteiger partial charge on any atom is 0.251 e. The number of aliphatic hydroxyl groups is 1. The van der Waals surface area contributed by atoms with Gasteiger partial charge in [0.05, 0.1) is 13.2 Å². The number of benzene rings is 1. The third kappa shape index (κ3) is 4.77. The van der Waals surface area contributed by atoms with Crippen molar-refractivity contribution in [1.82, 2.24) is 5.32 Å². The van der Waals surface area contributed by atoms with Crippen LogP contribution in [0.15, 0.2) is 58.6 Å². The number of rotatable bonds is 9. The Kier molecular flexibility index (Phi) is 6.66. The van der Waals surface area contributed by atoms with Crippen molar-refractivity contribution in [2.45, 2.75) is 25.4 Å². The van der Waals surface area contributed by atoms with Crippen LogP contribution in [0.4, 0.5) is 0 Å². The highest BCUT2D eigenvalue weighted by molar-refractivity contribution is 7.10. The fraction of sp³-hybridized carbons (Fsp3) is 0.286. The van der Waals surface area contributed by atoms with E-state index in [1.807, 2.05) is 34.3 Å². The first kappa shape index (κ1) is 19.6. The molecule has 1 aromatic carbocycles. The molecule has 1 unspecified atom stereocenters. The zero-order chi connectivity index (χ0) is 19.1. The van der Waals surface area contributed by atoms with Gasteiger partial charge < -0.3 is 15.2 Å². The van der Waals surface area contributed by atoms with E-state index in [1.165, 1.54) is 22.7 Å². The average Bonchev–Trinajstić information content (AvgIpc) is 3.41. The molecule has 142 valence electrons. The number of hydrogen-bond donors (Lipinski definition) is 2. The summed E-state index contributed by atoms with van der Waals surface area (Å²) in [6.45, 7) is 2.90. The van der Waals surface area contributed by atoms with E-state index in [4.69, 9.17) is 4.74 Å². The van der Waals surface area contributed by atoms with Crippen molar-refractivity contribution in [3.05, 3.63) is 74.6 Å². The summed E-state index contributed by atoms with van der Waals surface area (Å²) < 4.78 is 5.62. The van der Waals surface area contributed by atoms with Gasteiger partial charge in [0.15, 0.2) is 0 Å². The predicted octanol–water partition coefficient (Wildman–Crippen LogP) is 4.65. The van der Waals surface area contributed by atoms with Crippen molar-refractivity contribution >= 4 is 28.6 Å². The molecule has 3 rings (SSSR count). The van der Waals surface area contributed by atoms with Gasteiger partial charge >= 0.3 is 0 Å². The molecule has 1 atom stereocenters. The molecular weight excluding hydrogens is 378 g/mol. The Hall–Kier alpha value is -2.15. The number of carbonyl (C=O) groups is 1. The Balaban J connectivity index is 1.66. The van der Waals surface area contributed by atoms with E-state index in [2.05, 4.69) is 12.2 Å². The summed E-state index contributed by atoms with van der Waals surface area (Å²) in [6, 6.07) is 12.8. The molecule has 2 heterocycles. The smallest absolute Gasteiger partial charge is 0.251 e. The minimum Gasteiger partial charge on any atom is -0.494 e. The Morgan fingerprint density at radius 2 is 2.00 bits per heavy atom. The lowest BCUT2D eigenvalue weighted by molar-refractivity contribution is 0.0721. The topological polar surface area (TPSA) is 58.6 Å². The normalized spacial score (nSPS) is 13.1. The molecule has 6 heteroatoms. The van der Waals surface area contributed by atoms with E-state index in [0.717, 1.165) is 29.0 Å². The van der Waals surface area contributed by atoms with Crippen molar-refractivity contribution in [3.63, 3.8) is 0 Å². The lowest BCUT2D eigenvalue weighted by atomic mass is 9.94. The molecule has 3 aromatic rings. The summed E-state index contributed by atoms with van der Waals surface area (Å²) in [7, 11) is 0. The van der Waals surface area contributed by atoms with Gasteiger partial charge in [-0.2, -0.15) is 11.3 Å². The van der Waals surface area contributed by atoms with Gasteiger partial charge in [-0.25, -0.2) is 0 Å². The molecule has 0 saturated heterocycles. The minimum absolute atomic E-state index is 0.109. The molecule has 27 heavy (non-hydrogen) atoms. The van der Waals surface area contributed by atoms with Gasteiger partial charge in [-0.15, -0.1) is 11.3 Å². The van der Waals surface area contributed by atoms with Crippen LogP contribution in [0.2, 0.25) is 0 Å². The first-order valence-electron chi connectivity index (χ1n) is 8.93. The van der Waals surface area contributed by atoms with Crippen LogP contribution in [0.25, 0.3) is 0 Å². The fourth-order valence-corrected chi connectivity index (χ4v) is 4.26. The molecule has 0 spiro atoms. The molecule has 0 fully saturated rings. The summed E-state index contributed by atoms with van der Waals surface area (Å²) in [5, 5.41) is 19.9. The van der Waals surface area contributed by atoms with Gasteiger partial charge in [-0.05, 0) is 59.0 Å². The van der Waals surface area contributed by atoms with Crippen LogP contribution < -0.4 is 10.1 Å². The number of amides is 1. The second-order valence-corrected chi connectivity index (χ2v) is 7.99. The Morgan fingerprint density at radius 3 is 2.63 bits per heavy atom. The van der Waals surface area contributed by atoms with Crippen LogP contribution in [-0.4, -0.2) is 24.2 Å². The first-order chi connectivity index (χ1) is 13.1. The van der Waals surface area contributed by atoms with Crippen molar-refractivity contribution in [2.75, 3.05) is 13.2 Å². The van der Waals surface area contributed by atoms with Gasteiger partial charge in [-0.3, -0.25) is 4.79 Å². The van der Waals surface area contributed by atoms with Gasteiger partial charge in [0.2, 0.25) is 0 Å². The highest BCUT2D eigenvalue weighted by atomic mass is 32.1. The summed E-state index contributed by atoms with van der Waals surface area (Å²) in [5.41, 5.74) is 0.0964. The standard InChI is InChI=1S/C21H23NO3S2/c1-2-3-11-25-18-8-6-16(7-9-18)20(23)22-15-21(24,17-10-13-26-14-17)19-5-4-12-27-19/h4-10,12-14,24H,2-3,11,15H2,1H3,(H,22,23). The molecule has 1 amide bonds. The minimum atomic E-state index is -1.23. The predicted molar refractivity (Wildman–Crippen MR) is 111 cm³/mol. The third-order valence-corrected chi connectivity index (χ3v) is 6.02. The zero-order valence-electron chi connectivity index (χ0n) is 15.2. The number of carbonyl (C=O) groups excluding carboxylic acids is 1. The van der Waals surface area contributed by atoms with Crippen LogP contribution in [0.3, 0.4) is 0 Å². The van der Waals surface area contributed by atoms with E-state index in [-0.39, 0.29) is 12.5 Å². The molecule has 0 saturated carbocycles. The van der Waals surface area contributed by atoms with E-state index >= 15 is 0 Å². The molecule has 0 radical (unpaired) electrons. The zero-order valence-corrected chi connectivity index (χ0v) is 16.8. The van der Waals surface area contributed by atoms with E-state index in [9.17, 15) is 9.90 Å². The first-order valence-corrected chi connectivity index (χ1v) is 10.8. The summed E-state index contributed by atoms with van der Waals surface area (Å²) in [4.78, 5) is 13.4. The molecule has 2 aromatic heterocycles. The van der Waals surface area contributed by atoms with E-state index in [1.54, 1.807) is 24.3 Å². The van der Waals surface area contributed by atoms with Gasteiger partial charge in [0.25, 0.3) is 5.91 Å². The van der Waals surface area contributed by atoms with Gasteiger partial charge in [0.1, 0.15) is 11.4 Å². The van der Waals surface area contributed by atoms with E-state index < -0.39 is 5.60 Å². The maximum atomic E-state index is 12.5. The Morgan fingerprint density at radius 1 is 1.19 bits per heavy atom. The molecular formula is C21H23NO3S2. The van der Waals surface area contributed by atoms with Gasteiger partial charge in [0, 0.05) is 16.0 Å². The largest absolute Gasteiger partial charge is 0.494 e. The maximum absolute atomic E-state index is 12.5. The SMILES string of the molecule is CCCCOc1ccc(C(=O)NCC(O)(c2ccsc2)c2cccs2)cc1. The quantitative estimate of drug-likeness (QED) is 0.513. The van der Waals surface area contributed by atoms with Crippen molar-refractivity contribution in [1.29, 1.82) is 0 Å². The Labute approximate surface area is 167 Å². The number of nitrogens with one attached hydrogen (secondary N) is 1. The van der Waals surface area contributed by atoms with E-state index in [0.29, 0.717) is 12.2 Å². The fourth-order valence-electron chi connectivity index (χ4n) is 2.69. The molecule has 2 N–H and O–H groups in total. The molecule has 0 aliphatic rings. The van der Waals surface area contributed by atoms with Crippen LogP contribution >= 0.6 is 22.7 Å². The number of unbranched alkanes of at least 4 members (excludes halogenated alkanes) is 1. The molecule has 0 aliphatic carbocycles. The lowest BCUT2D eigenvalue weighted by Crippen LogP contribution is -2.40. The van der Waals surface area contributed by atoms with Crippen molar-refractivity contribution < 1.29 is 14.6 Å². The van der Waals surface area contributed by atoms with Crippen LogP contribution in [-0.2, 0) is 5.60 Å². The monoisotopic (exact) mass is 401 g/mol. The summed E-state index contributed by atoms with van der Waals surface area (Å²) in [6.07, 6.45) is 2.09. The second-order valence-electron chi connectivity index (χ2n) is 6.26. The molecule has 0 bridgehead atoms. The highest BCUT2D eigenvalue weighted by Gasteiger charge is 2.33. The Bertz CT molecular complexity index is 793. The van der Waals surface area contributed by atoms with Crippen LogP contribution in [0, 0.1) is 0 Å². The number of hydrogen-bond acceptors (Lipinski definition) is 5. The van der Waals surface area contributed by atoms with Crippen molar-refractivity contribution in [2.24, 2.45) is 0 Å². The average molecular weight is 402 g/mol. The van der Waals surface area contributed by atoms with Gasteiger partial charge in [-0.1, -0.05) is 19.4 Å². The van der Waals surface area contributed by atoms with Crippen LogP contribution in [0.5, 0.6) is 5.75 Å². The summed E-state index contributed by atoms with van der Waals surface area (Å²) >= 11 is 3.00.